The van der Waals surface area contributed by atoms with Gasteiger partial charge in [0.25, 0.3) is 10.2 Å². The third-order valence-corrected chi connectivity index (χ3v) is 4.03. The molecule has 1 heterocycles. The van der Waals surface area contributed by atoms with Crippen LogP contribution in [0.1, 0.15) is 0 Å². The van der Waals surface area contributed by atoms with Crippen LogP contribution in [0.2, 0.25) is 0 Å². The minimum atomic E-state index is -3.32. The van der Waals surface area contributed by atoms with E-state index in [1.807, 2.05) is 0 Å². The summed E-state index contributed by atoms with van der Waals surface area (Å²) in [6.07, 6.45) is -0.777. The van der Waals surface area contributed by atoms with Gasteiger partial charge in [0.05, 0.1) is 6.10 Å². The van der Waals surface area contributed by atoms with Gasteiger partial charge in [0.1, 0.15) is 0 Å². The lowest BCUT2D eigenvalue weighted by Gasteiger charge is -2.18. The molecule has 13 heavy (non-hydrogen) atoms. The van der Waals surface area contributed by atoms with Crippen molar-refractivity contribution in [3.63, 3.8) is 0 Å². The SMILES string of the molecule is CN1CCN(CC(O)CN)S1(=O)=O. The molecule has 0 aliphatic carbocycles. The Labute approximate surface area is 78.1 Å². The quantitative estimate of drug-likeness (QED) is 0.552. The third-order valence-electron chi connectivity index (χ3n) is 2.07. The first-order valence-electron chi connectivity index (χ1n) is 4.08. The molecule has 0 aromatic heterocycles. The van der Waals surface area contributed by atoms with E-state index in [2.05, 4.69) is 0 Å². The minimum Gasteiger partial charge on any atom is -0.390 e. The Balaban J connectivity index is 2.63. The topological polar surface area (TPSA) is 86.9 Å². The van der Waals surface area contributed by atoms with E-state index < -0.39 is 16.3 Å². The summed E-state index contributed by atoms with van der Waals surface area (Å²) in [4.78, 5) is 0. The molecule has 1 aliphatic rings. The molecule has 0 aromatic carbocycles. The van der Waals surface area contributed by atoms with Gasteiger partial charge in [0, 0.05) is 33.2 Å². The van der Waals surface area contributed by atoms with E-state index >= 15 is 0 Å². The lowest BCUT2D eigenvalue weighted by atomic mass is 10.3. The standard InChI is InChI=1S/C6H15N3O3S/c1-8-2-3-9(13(8,11)12)5-6(10)4-7/h6,10H,2-5,7H2,1H3. The lowest BCUT2D eigenvalue weighted by molar-refractivity contribution is 0.156. The number of aliphatic hydroxyl groups is 1. The first-order valence-corrected chi connectivity index (χ1v) is 5.47. The monoisotopic (exact) mass is 209 g/mol. The summed E-state index contributed by atoms with van der Waals surface area (Å²) in [6, 6.07) is 0. The highest BCUT2D eigenvalue weighted by atomic mass is 32.2. The number of likely N-dealkylation sites (N-methyl/N-ethyl adjacent to an activating group) is 1. The summed E-state index contributed by atoms with van der Waals surface area (Å²) in [5.41, 5.74) is 5.19. The Bertz CT molecular complexity index is 266. The van der Waals surface area contributed by atoms with Crippen molar-refractivity contribution in [3.05, 3.63) is 0 Å². The van der Waals surface area contributed by atoms with Crippen molar-refractivity contribution in [2.45, 2.75) is 6.10 Å². The number of nitrogens with zero attached hydrogens (tertiary/aromatic N) is 2. The predicted molar refractivity (Wildman–Crippen MR) is 48.2 cm³/mol. The summed E-state index contributed by atoms with van der Waals surface area (Å²) in [6.45, 7) is 1.06. The van der Waals surface area contributed by atoms with E-state index in [4.69, 9.17) is 5.73 Å². The molecule has 1 aliphatic heterocycles. The van der Waals surface area contributed by atoms with Crippen LogP contribution >= 0.6 is 0 Å². The molecule has 0 aromatic rings. The Morgan fingerprint density at radius 2 is 2.15 bits per heavy atom. The van der Waals surface area contributed by atoms with Crippen LogP contribution in [0.3, 0.4) is 0 Å². The van der Waals surface area contributed by atoms with Crippen LogP contribution < -0.4 is 5.73 Å². The number of rotatable bonds is 3. The van der Waals surface area contributed by atoms with Gasteiger partial charge in [0.15, 0.2) is 0 Å². The zero-order valence-corrected chi connectivity index (χ0v) is 8.37. The molecule has 78 valence electrons. The van der Waals surface area contributed by atoms with Gasteiger partial charge in [-0.05, 0) is 0 Å². The number of β-amino-alcohol motifs (C(OH)–C–C–N with tert-alkyl or cyclic N) is 1. The van der Waals surface area contributed by atoms with Crippen LogP contribution in [0.5, 0.6) is 0 Å². The second-order valence-electron chi connectivity index (χ2n) is 3.08. The Kier molecular flexibility index (Phi) is 3.25. The van der Waals surface area contributed by atoms with Gasteiger partial charge >= 0.3 is 0 Å². The summed E-state index contributed by atoms with van der Waals surface area (Å²) < 4.78 is 25.4. The van der Waals surface area contributed by atoms with Crippen LogP contribution in [0.4, 0.5) is 0 Å². The van der Waals surface area contributed by atoms with E-state index in [9.17, 15) is 13.5 Å². The molecule has 0 amide bonds. The maximum absolute atomic E-state index is 11.4. The maximum atomic E-state index is 11.4. The highest BCUT2D eigenvalue weighted by molar-refractivity contribution is 7.87. The van der Waals surface area contributed by atoms with Crippen LogP contribution in [-0.2, 0) is 10.2 Å². The van der Waals surface area contributed by atoms with Crippen molar-refractivity contribution >= 4 is 10.2 Å². The maximum Gasteiger partial charge on any atom is 0.281 e. The van der Waals surface area contributed by atoms with Gasteiger partial charge in [-0.3, -0.25) is 0 Å². The highest BCUT2D eigenvalue weighted by Gasteiger charge is 2.34. The van der Waals surface area contributed by atoms with Crippen molar-refractivity contribution in [1.82, 2.24) is 8.61 Å². The van der Waals surface area contributed by atoms with E-state index in [1.165, 1.54) is 15.7 Å². The van der Waals surface area contributed by atoms with Gasteiger partial charge in [-0.25, -0.2) is 0 Å². The zero-order valence-electron chi connectivity index (χ0n) is 7.55. The Morgan fingerprint density at radius 1 is 1.54 bits per heavy atom. The van der Waals surface area contributed by atoms with Crippen molar-refractivity contribution in [1.29, 1.82) is 0 Å². The molecular weight excluding hydrogens is 194 g/mol. The van der Waals surface area contributed by atoms with Crippen molar-refractivity contribution in [2.75, 3.05) is 33.2 Å². The largest absolute Gasteiger partial charge is 0.390 e. The molecule has 0 radical (unpaired) electrons. The molecule has 1 fully saturated rings. The first kappa shape index (κ1) is 10.9. The predicted octanol–water partition coefficient (Wildman–Crippen LogP) is -2.20. The normalized spacial score (nSPS) is 26.4. The fourth-order valence-electron chi connectivity index (χ4n) is 1.18. The summed E-state index contributed by atoms with van der Waals surface area (Å²) in [5, 5.41) is 9.19. The Morgan fingerprint density at radius 3 is 2.54 bits per heavy atom. The number of aliphatic hydroxyl groups excluding tert-OH is 1. The van der Waals surface area contributed by atoms with E-state index in [0.29, 0.717) is 13.1 Å². The molecule has 1 rings (SSSR count). The third kappa shape index (κ3) is 2.18. The van der Waals surface area contributed by atoms with Gasteiger partial charge in [-0.2, -0.15) is 17.0 Å². The van der Waals surface area contributed by atoms with Crippen molar-refractivity contribution in [3.8, 4) is 0 Å². The minimum absolute atomic E-state index is 0.0791. The second kappa shape index (κ2) is 3.89. The summed E-state index contributed by atoms with van der Waals surface area (Å²) in [7, 11) is -1.80. The van der Waals surface area contributed by atoms with Crippen molar-refractivity contribution < 1.29 is 13.5 Å². The zero-order chi connectivity index (χ0) is 10.1. The number of nitrogens with two attached hydrogens (primary N) is 1. The average molecular weight is 209 g/mol. The first-order chi connectivity index (χ1) is 5.98. The van der Waals surface area contributed by atoms with Gasteiger partial charge in [-0.15, -0.1) is 0 Å². The lowest BCUT2D eigenvalue weighted by Crippen LogP contribution is -2.39. The van der Waals surface area contributed by atoms with Crippen LogP contribution in [0, 0.1) is 0 Å². The number of hydrogen-bond acceptors (Lipinski definition) is 4. The van der Waals surface area contributed by atoms with E-state index in [-0.39, 0.29) is 13.1 Å². The second-order valence-corrected chi connectivity index (χ2v) is 5.11. The van der Waals surface area contributed by atoms with Gasteiger partial charge < -0.3 is 10.8 Å². The molecule has 1 saturated heterocycles. The fourth-order valence-corrected chi connectivity index (χ4v) is 2.55. The van der Waals surface area contributed by atoms with Crippen molar-refractivity contribution in [2.24, 2.45) is 5.73 Å². The average Bonchev–Trinajstić information content (AvgIpc) is 2.31. The van der Waals surface area contributed by atoms with Crippen LogP contribution in [-0.4, -0.2) is 61.5 Å². The van der Waals surface area contributed by atoms with E-state index in [1.54, 1.807) is 0 Å². The highest BCUT2D eigenvalue weighted by Crippen LogP contribution is 2.13. The molecule has 1 atom stereocenters. The molecular formula is C6H15N3O3S. The van der Waals surface area contributed by atoms with Crippen LogP contribution in [0.25, 0.3) is 0 Å². The molecule has 1 unspecified atom stereocenters. The molecule has 0 bridgehead atoms. The summed E-state index contributed by atoms with van der Waals surface area (Å²) >= 11 is 0. The van der Waals surface area contributed by atoms with Gasteiger partial charge in [0.2, 0.25) is 0 Å². The smallest absolute Gasteiger partial charge is 0.281 e. The molecule has 7 heteroatoms. The van der Waals surface area contributed by atoms with E-state index in [0.717, 1.165) is 0 Å². The molecule has 3 N–H and O–H groups in total. The van der Waals surface area contributed by atoms with Gasteiger partial charge in [-0.1, -0.05) is 0 Å². The summed E-state index contributed by atoms with van der Waals surface area (Å²) in [5.74, 6) is 0. The Hall–Kier alpha value is -0.210. The van der Waals surface area contributed by atoms with Crippen LogP contribution in [0.15, 0.2) is 0 Å². The molecule has 6 nitrogen and oxygen atoms in total. The molecule has 0 saturated carbocycles. The fraction of sp³-hybridized carbons (Fsp3) is 1.00. The number of hydrogen-bond donors (Lipinski definition) is 2. The molecule has 0 spiro atoms.